The van der Waals surface area contributed by atoms with E-state index in [9.17, 15) is 0 Å². The van der Waals surface area contributed by atoms with Gasteiger partial charge in [-0.2, -0.15) is 0 Å². The SMILES string of the molecule is Cc1ccc(CC2CCCN2CCN)cc1. The summed E-state index contributed by atoms with van der Waals surface area (Å²) in [4.78, 5) is 2.54. The lowest BCUT2D eigenvalue weighted by Crippen LogP contribution is -2.35. The molecule has 0 aliphatic carbocycles. The molecule has 2 heteroatoms. The van der Waals surface area contributed by atoms with Crippen molar-refractivity contribution in [1.82, 2.24) is 4.90 Å². The van der Waals surface area contributed by atoms with Crippen molar-refractivity contribution in [2.45, 2.75) is 32.2 Å². The number of rotatable bonds is 4. The van der Waals surface area contributed by atoms with Gasteiger partial charge in [-0.1, -0.05) is 29.8 Å². The Labute approximate surface area is 98.4 Å². The molecule has 1 fully saturated rings. The number of aryl methyl sites for hydroxylation is 1. The first kappa shape index (κ1) is 11.6. The average molecular weight is 218 g/mol. The van der Waals surface area contributed by atoms with Crippen LogP contribution in [0.1, 0.15) is 24.0 Å². The van der Waals surface area contributed by atoms with E-state index in [4.69, 9.17) is 5.73 Å². The molecule has 88 valence electrons. The van der Waals surface area contributed by atoms with Crippen LogP contribution in [0, 0.1) is 6.92 Å². The minimum absolute atomic E-state index is 0.714. The summed E-state index contributed by atoms with van der Waals surface area (Å²) in [5.41, 5.74) is 8.44. The minimum atomic E-state index is 0.714. The van der Waals surface area contributed by atoms with E-state index in [0.717, 1.165) is 13.1 Å². The molecule has 1 saturated heterocycles. The topological polar surface area (TPSA) is 29.3 Å². The highest BCUT2D eigenvalue weighted by Crippen LogP contribution is 2.20. The van der Waals surface area contributed by atoms with Crippen LogP contribution in [0.15, 0.2) is 24.3 Å². The molecular weight excluding hydrogens is 196 g/mol. The molecule has 2 rings (SSSR count). The first-order valence-electron chi connectivity index (χ1n) is 6.29. The van der Waals surface area contributed by atoms with Gasteiger partial charge in [0.05, 0.1) is 0 Å². The van der Waals surface area contributed by atoms with Crippen LogP contribution in [0.5, 0.6) is 0 Å². The second-order valence-corrected chi connectivity index (χ2v) is 4.81. The molecule has 0 bridgehead atoms. The van der Waals surface area contributed by atoms with E-state index in [-0.39, 0.29) is 0 Å². The Kier molecular flexibility index (Phi) is 3.97. The Morgan fingerprint density at radius 3 is 2.75 bits per heavy atom. The molecule has 0 radical (unpaired) electrons. The number of hydrogen-bond acceptors (Lipinski definition) is 2. The molecule has 2 nitrogen and oxygen atoms in total. The summed E-state index contributed by atoms with van der Waals surface area (Å²) in [6.45, 7) is 5.20. The molecule has 1 aromatic rings. The van der Waals surface area contributed by atoms with Crippen LogP contribution in [0.3, 0.4) is 0 Å². The minimum Gasteiger partial charge on any atom is -0.329 e. The Hall–Kier alpha value is -0.860. The van der Waals surface area contributed by atoms with E-state index in [1.165, 1.54) is 36.9 Å². The van der Waals surface area contributed by atoms with Gasteiger partial charge in [0.25, 0.3) is 0 Å². The molecule has 0 amide bonds. The molecule has 0 saturated carbocycles. The van der Waals surface area contributed by atoms with E-state index in [0.29, 0.717) is 6.04 Å². The fourth-order valence-corrected chi connectivity index (χ4v) is 2.58. The lowest BCUT2D eigenvalue weighted by atomic mass is 10.0. The number of benzene rings is 1. The Bertz CT molecular complexity index is 318. The van der Waals surface area contributed by atoms with Gasteiger partial charge >= 0.3 is 0 Å². The van der Waals surface area contributed by atoms with Crippen LogP contribution < -0.4 is 5.73 Å². The summed E-state index contributed by atoms with van der Waals surface area (Å²) in [6, 6.07) is 9.64. The molecule has 1 atom stereocenters. The molecule has 1 aromatic carbocycles. The molecule has 0 aromatic heterocycles. The van der Waals surface area contributed by atoms with Crippen molar-refractivity contribution in [1.29, 1.82) is 0 Å². The number of likely N-dealkylation sites (tertiary alicyclic amines) is 1. The lowest BCUT2D eigenvalue weighted by molar-refractivity contribution is 0.259. The van der Waals surface area contributed by atoms with Crippen molar-refractivity contribution < 1.29 is 0 Å². The first-order valence-corrected chi connectivity index (χ1v) is 6.29. The van der Waals surface area contributed by atoms with Crippen molar-refractivity contribution in [3.63, 3.8) is 0 Å². The normalized spacial score (nSPS) is 21.5. The third-order valence-electron chi connectivity index (χ3n) is 3.51. The summed E-state index contributed by atoms with van der Waals surface area (Å²) in [5, 5.41) is 0. The van der Waals surface area contributed by atoms with Crippen LogP contribution in [0.4, 0.5) is 0 Å². The number of nitrogens with zero attached hydrogens (tertiary/aromatic N) is 1. The zero-order valence-corrected chi connectivity index (χ0v) is 10.2. The fraction of sp³-hybridized carbons (Fsp3) is 0.571. The second kappa shape index (κ2) is 5.46. The highest BCUT2D eigenvalue weighted by atomic mass is 15.2. The second-order valence-electron chi connectivity index (χ2n) is 4.81. The van der Waals surface area contributed by atoms with Crippen LogP contribution in [-0.4, -0.2) is 30.6 Å². The van der Waals surface area contributed by atoms with Gasteiger partial charge in [-0.15, -0.1) is 0 Å². The average Bonchev–Trinajstić information content (AvgIpc) is 2.70. The molecule has 1 aliphatic heterocycles. The van der Waals surface area contributed by atoms with E-state index >= 15 is 0 Å². The Balaban J connectivity index is 1.95. The van der Waals surface area contributed by atoms with Gasteiger partial charge in [0.1, 0.15) is 0 Å². The van der Waals surface area contributed by atoms with Crippen LogP contribution in [0.25, 0.3) is 0 Å². The highest BCUT2D eigenvalue weighted by Gasteiger charge is 2.23. The molecule has 1 aliphatic rings. The predicted octanol–water partition coefficient (Wildman–Crippen LogP) is 1.96. The maximum atomic E-state index is 5.64. The monoisotopic (exact) mass is 218 g/mol. The molecule has 16 heavy (non-hydrogen) atoms. The van der Waals surface area contributed by atoms with E-state index in [2.05, 4.69) is 36.1 Å². The van der Waals surface area contributed by atoms with Gasteiger partial charge in [-0.3, -0.25) is 4.90 Å². The zero-order chi connectivity index (χ0) is 11.4. The zero-order valence-electron chi connectivity index (χ0n) is 10.2. The van der Waals surface area contributed by atoms with Gasteiger partial charge in [0.15, 0.2) is 0 Å². The van der Waals surface area contributed by atoms with Crippen molar-refractivity contribution in [3.05, 3.63) is 35.4 Å². The summed E-state index contributed by atoms with van der Waals surface area (Å²) in [5.74, 6) is 0. The largest absolute Gasteiger partial charge is 0.329 e. The first-order chi connectivity index (χ1) is 7.79. The van der Waals surface area contributed by atoms with Crippen molar-refractivity contribution in [2.75, 3.05) is 19.6 Å². The van der Waals surface area contributed by atoms with Crippen LogP contribution >= 0.6 is 0 Å². The summed E-state index contributed by atoms with van der Waals surface area (Å²) < 4.78 is 0. The van der Waals surface area contributed by atoms with Crippen LogP contribution in [-0.2, 0) is 6.42 Å². The molecule has 0 spiro atoms. The maximum absolute atomic E-state index is 5.64. The standard InChI is InChI=1S/C14H22N2/c1-12-4-6-13(7-5-12)11-14-3-2-9-16(14)10-8-15/h4-7,14H,2-3,8-11,15H2,1H3. The molecular formula is C14H22N2. The predicted molar refractivity (Wildman–Crippen MR) is 68.5 cm³/mol. The third-order valence-corrected chi connectivity index (χ3v) is 3.51. The Morgan fingerprint density at radius 1 is 1.31 bits per heavy atom. The van der Waals surface area contributed by atoms with Gasteiger partial charge in [0.2, 0.25) is 0 Å². The number of nitrogens with two attached hydrogens (primary N) is 1. The quantitative estimate of drug-likeness (QED) is 0.837. The Morgan fingerprint density at radius 2 is 2.06 bits per heavy atom. The van der Waals surface area contributed by atoms with Gasteiger partial charge in [-0.25, -0.2) is 0 Å². The van der Waals surface area contributed by atoms with E-state index < -0.39 is 0 Å². The molecule has 2 N–H and O–H groups in total. The highest BCUT2D eigenvalue weighted by molar-refractivity contribution is 5.22. The van der Waals surface area contributed by atoms with Crippen molar-refractivity contribution >= 4 is 0 Å². The van der Waals surface area contributed by atoms with Gasteiger partial charge in [-0.05, 0) is 38.3 Å². The van der Waals surface area contributed by atoms with E-state index in [1.54, 1.807) is 0 Å². The van der Waals surface area contributed by atoms with Gasteiger partial charge in [0, 0.05) is 19.1 Å². The van der Waals surface area contributed by atoms with Crippen LogP contribution in [0.2, 0.25) is 0 Å². The molecule has 1 unspecified atom stereocenters. The summed E-state index contributed by atoms with van der Waals surface area (Å²) >= 11 is 0. The van der Waals surface area contributed by atoms with Crippen molar-refractivity contribution in [3.8, 4) is 0 Å². The maximum Gasteiger partial charge on any atom is 0.0137 e. The number of hydrogen-bond donors (Lipinski definition) is 1. The fourth-order valence-electron chi connectivity index (χ4n) is 2.58. The summed E-state index contributed by atoms with van der Waals surface area (Å²) in [7, 11) is 0. The molecule has 1 heterocycles. The van der Waals surface area contributed by atoms with E-state index in [1.807, 2.05) is 0 Å². The van der Waals surface area contributed by atoms with Gasteiger partial charge < -0.3 is 5.73 Å². The smallest absolute Gasteiger partial charge is 0.0137 e. The summed E-state index contributed by atoms with van der Waals surface area (Å²) in [6.07, 6.45) is 3.84. The third kappa shape index (κ3) is 2.83. The lowest BCUT2D eigenvalue weighted by Gasteiger charge is -2.23. The van der Waals surface area contributed by atoms with Crippen molar-refractivity contribution in [2.24, 2.45) is 5.73 Å².